The van der Waals surface area contributed by atoms with E-state index in [1.165, 1.54) is 63.4 Å². The SMILES string of the molecule is CC(C(=O)c1ccc(C2CCCCC2)cc1)C1CCCC1. The number of ketones is 1. The highest BCUT2D eigenvalue weighted by Crippen LogP contribution is 2.34. The predicted octanol–water partition coefficient (Wildman–Crippen LogP) is 5.74. The molecular weight excluding hydrogens is 256 g/mol. The van der Waals surface area contributed by atoms with Gasteiger partial charge in [-0.1, -0.05) is 63.3 Å². The molecule has 114 valence electrons. The fraction of sp³-hybridized carbons (Fsp3) is 0.650. The van der Waals surface area contributed by atoms with Crippen molar-refractivity contribution in [2.45, 2.75) is 70.6 Å². The zero-order chi connectivity index (χ0) is 14.7. The summed E-state index contributed by atoms with van der Waals surface area (Å²) < 4.78 is 0. The molecule has 0 spiro atoms. The van der Waals surface area contributed by atoms with E-state index < -0.39 is 0 Å². The van der Waals surface area contributed by atoms with Crippen molar-refractivity contribution in [1.29, 1.82) is 0 Å². The third kappa shape index (κ3) is 3.39. The Morgan fingerprint density at radius 2 is 1.48 bits per heavy atom. The Bertz CT molecular complexity index is 461. The maximum Gasteiger partial charge on any atom is 0.165 e. The van der Waals surface area contributed by atoms with Crippen molar-refractivity contribution in [3.05, 3.63) is 35.4 Å². The first-order valence-corrected chi connectivity index (χ1v) is 8.90. The zero-order valence-electron chi connectivity index (χ0n) is 13.3. The fourth-order valence-electron chi connectivity index (χ4n) is 4.29. The van der Waals surface area contributed by atoms with Crippen LogP contribution in [0.25, 0.3) is 0 Å². The van der Waals surface area contributed by atoms with Gasteiger partial charge in [0.15, 0.2) is 5.78 Å². The summed E-state index contributed by atoms with van der Waals surface area (Å²) in [4.78, 5) is 12.6. The Kier molecular flexibility index (Phi) is 4.77. The lowest BCUT2D eigenvalue weighted by Crippen LogP contribution is -2.19. The van der Waals surface area contributed by atoms with Gasteiger partial charge in [-0.3, -0.25) is 4.79 Å². The topological polar surface area (TPSA) is 17.1 Å². The average molecular weight is 284 g/mol. The molecule has 3 rings (SSSR count). The van der Waals surface area contributed by atoms with Crippen LogP contribution in [0, 0.1) is 11.8 Å². The molecule has 2 fully saturated rings. The summed E-state index contributed by atoms with van der Waals surface area (Å²) >= 11 is 0. The lowest BCUT2D eigenvalue weighted by atomic mass is 9.82. The van der Waals surface area contributed by atoms with Gasteiger partial charge < -0.3 is 0 Å². The Labute approximate surface area is 129 Å². The molecule has 0 aromatic heterocycles. The van der Waals surface area contributed by atoms with E-state index in [4.69, 9.17) is 0 Å². The second-order valence-electron chi connectivity index (χ2n) is 7.15. The minimum Gasteiger partial charge on any atom is -0.294 e. The van der Waals surface area contributed by atoms with E-state index in [1.807, 2.05) is 0 Å². The molecular formula is C20H28O. The van der Waals surface area contributed by atoms with Crippen LogP contribution in [-0.2, 0) is 0 Å². The molecule has 0 N–H and O–H groups in total. The van der Waals surface area contributed by atoms with Crippen molar-refractivity contribution in [2.75, 3.05) is 0 Å². The summed E-state index contributed by atoms with van der Waals surface area (Å²) in [5, 5.41) is 0. The number of rotatable bonds is 4. The van der Waals surface area contributed by atoms with Gasteiger partial charge in [-0.15, -0.1) is 0 Å². The van der Waals surface area contributed by atoms with Gasteiger partial charge in [-0.2, -0.15) is 0 Å². The van der Waals surface area contributed by atoms with Crippen molar-refractivity contribution in [2.24, 2.45) is 11.8 Å². The number of hydrogen-bond donors (Lipinski definition) is 0. The molecule has 2 aliphatic carbocycles. The van der Waals surface area contributed by atoms with E-state index in [2.05, 4.69) is 31.2 Å². The monoisotopic (exact) mass is 284 g/mol. The van der Waals surface area contributed by atoms with Crippen LogP contribution >= 0.6 is 0 Å². The normalized spacial score (nSPS) is 22.3. The van der Waals surface area contributed by atoms with Crippen LogP contribution in [0.15, 0.2) is 24.3 Å². The molecule has 0 bridgehead atoms. The maximum atomic E-state index is 12.6. The van der Waals surface area contributed by atoms with Crippen molar-refractivity contribution < 1.29 is 4.79 Å². The third-order valence-corrected chi connectivity index (χ3v) is 5.79. The van der Waals surface area contributed by atoms with Gasteiger partial charge in [-0.25, -0.2) is 0 Å². The average Bonchev–Trinajstić information content (AvgIpc) is 3.09. The van der Waals surface area contributed by atoms with E-state index in [0.717, 1.165) is 11.5 Å². The fourth-order valence-corrected chi connectivity index (χ4v) is 4.29. The van der Waals surface area contributed by atoms with Gasteiger partial charge in [0.25, 0.3) is 0 Å². The number of hydrogen-bond acceptors (Lipinski definition) is 1. The molecule has 1 unspecified atom stereocenters. The number of Topliss-reactive ketones (excluding diaryl/α,β-unsaturated/α-hetero) is 1. The molecule has 1 aromatic carbocycles. The van der Waals surface area contributed by atoms with Gasteiger partial charge >= 0.3 is 0 Å². The van der Waals surface area contributed by atoms with Crippen molar-refractivity contribution in [3.63, 3.8) is 0 Å². The molecule has 0 saturated heterocycles. The predicted molar refractivity (Wildman–Crippen MR) is 87.7 cm³/mol. The van der Waals surface area contributed by atoms with Gasteiger partial charge in [0.2, 0.25) is 0 Å². The van der Waals surface area contributed by atoms with Gasteiger partial charge in [0.1, 0.15) is 0 Å². The first-order valence-electron chi connectivity index (χ1n) is 8.90. The Morgan fingerprint density at radius 1 is 0.905 bits per heavy atom. The quantitative estimate of drug-likeness (QED) is 0.644. The third-order valence-electron chi connectivity index (χ3n) is 5.79. The zero-order valence-corrected chi connectivity index (χ0v) is 13.3. The minimum absolute atomic E-state index is 0.202. The Balaban J connectivity index is 1.66. The Hall–Kier alpha value is -1.11. The van der Waals surface area contributed by atoms with E-state index in [1.54, 1.807) is 0 Å². The second kappa shape index (κ2) is 6.77. The lowest BCUT2D eigenvalue weighted by Gasteiger charge is -2.22. The molecule has 2 saturated carbocycles. The highest BCUT2D eigenvalue weighted by atomic mass is 16.1. The summed E-state index contributed by atoms with van der Waals surface area (Å²) in [5.41, 5.74) is 2.37. The van der Waals surface area contributed by atoms with Crippen LogP contribution in [0.4, 0.5) is 0 Å². The van der Waals surface area contributed by atoms with Gasteiger partial charge in [0.05, 0.1) is 0 Å². The van der Waals surface area contributed by atoms with Gasteiger partial charge in [-0.05, 0) is 43.1 Å². The lowest BCUT2D eigenvalue weighted by molar-refractivity contribution is 0.0888. The summed E-state index contributed by atoms with van der Waals surface area (Å²) in [6.45, 7) is 2.13. The first kappa shape index (κ1) is 14.8. The van der Waals surface area contributed by atoms with Crippen molar-refractivity contribution in [3.8, 4) is 0 Å². The molecule has 0 heterocycles. The summed E-state index contributed by atoms with van der Waals surface area (Å²) in [6.07, 6.45) is 11.9. The standard InChI is InChI=1S/C20H28O/c1-15(16-7-5-6-8-16)20(21)19-13-11-18(12-14-19)17-9-3-2-4-10-17/h11-17H,2-10H2,1H3. The highest BCUT2D eigenvalue weighted by molar-refractivity contribution is 5.97. The van der Waals surface area contributed by atoms with E-state index in [9.17, 15) is 4.79 Å². The van der Waals surface area contributed by atoms with Crippen LogP contribution in [0.2, 0.25) is 0 Å². The molecule has 1 nitrogen and oxygen atoms in total. The van der Waals surface area contributed by atoms with Crippen LogP contribution in [0.3, 0.4) is 0 Å². The maximum absolute atomic E-state index is 12.6. The van der Waals surface area contributed by atoms with Crippen LogP contribution in [-0.4, -0.2) is 5.78 Å². The smallest absolute Gasteiger partial charge is 0.165 e. The molecule has 0 radical (unpaired) electrons. The van der Waals surface area contributed by atoms with Crippen molar-refractivity contribution in [1.82, 2.24) is 0 Å². The minimum atomic E-state index is 0.202. The van der Waals surface area contributed by atoms with E-state index in [0.29, 0.717) is 11.7 Å². The summed E-state index contributed by atoms with van der Waals surface area (Å²) in [7, 11) is 0. The second-order valence-corrected chi connectivity index (χ2v) is 7.15. The number of carbonyl (C=O) groups is 1. The highest BCUT2D eigenvalue weighted by Gasteiger charge is 2.27. The summed E-state index contributed by atoms with van der Waals surface area (Å²) in [6, 6.07) is 8.59. The molecule has 1 aromatic rings. The van der Waals surface area contributed by atoms with Crippen LogP contribution in [0.1, 0.15) is 86.6 Å². The van der Waals surface area contributed by atoms with Gasteiger partial charge in [0, 0.05) is 11.5 Å². The summed E-state index contributed by atoms with van der Waals surface area (Å²) in [5.74, 6) is 1.91. The first-order chi connectivity index (χ1) is 10.3. The van der Waals surface area contributed by atoms with Crippen LogP contribution < -0.4 is 0 Å². The van der Waals surface area contributed by atoms with Crippen molar-refractivity contribution >= 4 is 5.78 Å². The van der Waals surface area contributed by atoms with E-state index >= 15 is 0 Å². The molecule has 0 aliphatic heterocycles. The molecule has 1 atom stereocenters. The van der Waals surface area contributed by atoms with E-state index in [-0.39, 0.29) is 5.92 Å². The molecule has 0 amide bonds. The molecule has 1 heteroatoms. The van der Waals surface area contributed by atoms with Crippen LogP contribution in [0.5, 0.6) is 0 Å². The number of benzene rings is 1. The molecule has 2 aliphatic rings. The largest absolute Gasteiger partial charge is 0.294 e. The molecule has 21 heavy (non-hydrogen) atoms. The Morgan fingerprint density at radius 3 is 2.10 bits per heavy atom. The number of carbonyl (C=O) groups excluding carboxylic acids is 1.